The molecular weight excluding hydrogens is 482 g/mol. The van der Waals surface area contributed by atoms with Crippen molar-refractivity contribution < 1.29 is 9.53 Å². The van der Waals surface area contributed by atoms with Crippen LogP contribution in [0.2, 0.25) is 0 Å². The Balaban J connectivity index is 0.000000156. The van der Waals surface area contributed by atoms with E-state index >= 15 is 0 Å². The molecule has 11 heteroatoms. The van der Waals surface area contributed by atoms with E-state index in [1.165, 1.54) is 11.3 Å². The second-order valence-electron chi connectivity index (χ2n) is 7.75. The number of rotatable bonds is 4. The second-order valence-corrected chi connectivity index (χ2v) is 9.18. The Kier molecular flexibility index (Phi) is 6.51. The number of anilines is 1. The van der Waals surface area contributed by atoms with E-state index in [9.17, 15) is 4.79 Å². The summed E-state index contributed by atoms with van der Waals surface area (Å²) < 4.78 is 5.04. The van der Waals surface area contributed by atoms with Gasteiger partial charge < -0.3 is 14.7 Å². The zero-order valence-corrected chi connectivity index (χ0v) is 20.5. The van der Waals surface area contributed by atoms with Gasteiger partial charge in [0.15, 0.2) is 11.6 Å². The Labute approximate surface area is 208 Å². The number of hydrogen-bond acceptors (Lipinski definition) is 8. The first kappa shape index (κ1) is 22.7. The minimum atomic E-state index is -0.473. The number of H-pyrrole nitrogens is 2. The predicted molar refractivity (Wildman–Crippen MR) is 140 cm³/mol. The van der Waals surface area contributed by atoms with Crippen molar-refractivity contribution in [1.82, 2.24) is 29.9 Å². The van der Waals surface area contributed by atoms with Gasteiger partial charge in [-0.15, -0.1) is 22.7 Å². The summed E-state index contributed by atoms with van der Waals surface area (Å²) in [5, 5.41) is 6.59. The molecule has 4 heterocycles. The van der Waals surface area contributed by atoms with Gasteiger partial charge in [0, 0.05) is 16.4 Å². The zero-order valence-electron chi connectivity index (χ0n) is 18.9. The topological polar surface area (TPSA) is 121 Å². The molecule has 1 amide bonds. The van der Waals surface area contributed by atoms with Crippen molar-refractivity contribution in [3.05, 3.63) is 64.2 Å². The third kappa shape index (κ3) is 5.36. The summed E-state index contributed by atoms with van der Waals surface area (Å²) in [7, 11) is 0. The SMILES string of the molecule is CC(C)OC(=O)Nc1ccc2[nH]c(-c3cscn3)nc2c1.c1ccc2[nH]c(-c3cscn3)nc2c1. The highest BCUT2D eigenvalue weighted by molar-refractivity contribution is 7.08. The Hall–Kier alpha value is -4.09. The van der Waals surface area contributed by atoms with Gasteiger partial charge in [-0.05, 0) is 44.2 Å². The third-order valence-electron chi connectivity index (χ3n) is 4.81. The maximum Gasteiger partial charge on any atom is 0.411 e. The molecular formula is C24H21N7O2S2. The lowest BCUT2D eigenvalue weighted by Gasteiger charge is -2.09. The predicted octanol–water partition coefficient (Wildman–Crippen LogP) is 6.33. The summed E-state index contributed by atoms with van der Waals surface area (Å²) >= 11 is 3.09. The molecule has 0 saturated carbocycles. The van der Waals surface area contributed by atoms with Crippen LogP contribution in [0.5, 0.6) is 0 Å². The largest absolute Gasteiger partial charge is 0.447 e. The molecule has 35 heavy (non-hydrogen) atoms. The molecule has 0 fully saturated rings. The molecule has 0 unspecified atom stereocenters. The van der Waals surface area contributed by atoms with Crippen molar-refractivity contribution in [3.8, 4) is 23.0 Å². The Morgan fingerprint density at radius 1 is 0.886 bits per heavy atom. The standard InChI is InChI=1S/C14H14N4O2S.C10H7N3S/c1-8(2)20-14(19)16-9-3-4-10-11(5-9)18-13(17-10)12-6-21-7-15-12;1-2-4-8-7(3-1)12-10(13-8)9-5-14-6-11-9/h3-8H,1-2H3,(H,16,19)(H,17,18);1-6H,(H,12,13). The molecule has 0 bridgehead atoms. The van der Waals surface area contributed by atoms with Crippen LogP contribution in [0.1, 0.15) is 13.8 Å². The molecule has 0 radical (unpaired) electrons. The van der Waals surface area contributed by atoms with Gasteiger partial charge in [0.2, 0.25) is 0 Å². The van der Waals surface area contributed by atoms with Crippen LogP contribution in [0.15, 0.2) is 64.2 Å². The van der Waals surface area contributed by atoms with Crippen molar-refractivity contribution in [2.75, 3.05) is 5.32 Å². The maximum absolute atomic E-state index is 11.6. The maximum atomic E-state index is 11.6. The van der Waals surface area contributed by atoms with Gasteiger partial charge in [-0.1, -0.05) is 12.1 Å². The molecule has 0 atom stereocenters. The van der Waals surface area contributed by atoms with Gasteiger partial charge in [0.1, 0.15) is 11.4 Å². The van der Waals surface area contributed by atoms with E-state index in [2.05, 4.69) is 35.2 Å². The van der Waals surface area contributed by atoms with Crippen LogP contribution in [0.4, 0.5) is 10.5 Å². The van der Waals surface area contributed by atoms with E-state index in [1.807, 2.05) is 46.6 Å². The minimum Gasteiger partial charge on any atom is -0.447 e. The van der Waals surface area contributed by atoms with Crippen LogP contribution in [0, 0.1) is 0 Å². The molecule has 2 aromatic carbocycles. The summed E-state index contributed by atoms with van der Waals surface area (Å²) in [6.07, 6.45) is -0.630. The molecule has 0 aliphatic rings. The Bertz CT molecular complexity index is 1520. The Morgan fingerprint density at radius 2 is 1.51 bits per heavy atom. The zero-order chi connectivity index (χ0) is 24.2. The van der Waals surface area contributed by atoms with Crippen LogP contribution in [-0.2, 0) is 4.74 Å². The number of fused-ring (bicyclic) bond motifs is 2. The van der Waals surface area contributed by atoms with Gasteiger partial charge >= 0.3 is 6.09 Å². The smallest absolute Gasteiger partial charge is 0.411 e. The number of benzene rings is 2. The second kappa shape index (κ2) is 10.0. The number of nitrogens with zero attached hydrogens (tertiary/aromatic N) is 4. The first-order chi connectivity index (χ1) is 17.0. The van der Waals surface area contributed by atoms with Crippen molar-refractivity contribution in [3.63, 3.8) is 0 Å². The summed E-state index contributed by atoms with van der Waals surface area (Å²) in [6, 6.07) is 13.4. The summed E-state index contributed by atoms with van der Waals surface area (Å²) in [4.78, 5) is 35.4. The van der Waals surface area contributed by atoms with Crippen molar-refractivity contribution >= 4 is 56.5 Å². The molecule has 0 spiro atoms. The number of imidazole rings is 2. The summed E-state index contributed by atoms with van der Waals surface area (Å²) in [5.41, 5.74) is 9.62. The van der Waals surface area contributed by atoms with Crippen molar-refractivity contribution in [2.24, 2.45) is 0 Å². The monoisotopic (exact) mass is 503 g/mol. The first-order valence-corrected chi connectivity index (χ1v) is 12.6. The average molecular weight is 504 g/mol. The van der Waals surface area contributed by atoms with E-state index in [0.717, 1.165) is 39.3 Å². The number of para-hydroxylation sites is 2. The van der Waals surface area contributed by atoms with Crippen LogP contribution < -0.4 is 5.32 Å². The highest BCUT2D eigenvalue weighted by atomic mass is 32.1. The fraction of sp³-hybridized carbons (Fsp3) is 0.125. The summed E-state index contributed by atoms with van der Waals surface area (Å²) in [6.45, 7) is 3.60. The number of hydrogen-bond donors (Lipinski definition) is 3. The van der Waals surface area contributed by atoms with E-state index in [1.54, 1.807) is 42.8 Å². The van der Waals surface area contributed by atoms with Gasteiger partial charge in [-0.3, -0.25) is 5.32 Å². The number of carbonyl (C=O) groups excluding carboxylic acids is 1. The van der Waals surface area contributed by atoms with E-state index in [-0.39, 0.29) is 6.10 Å². The number of aromatic amines is 2. The lowest BCUT2D eigenvalue weighted by Crippen LogP contribution is -2.17. The fourth-order valence-electron chi connectivity index (χ4n) is 3.30. The van der Waals surface area contributed by atoms with Gasteiger partial charge in [-0.25, -0.2) is 24.7 Å². The third-order valence-corrected chi connectivity index (χ3v) is 5.98. The molecule has 0 aliphatic carbocycles. The van der Waals surface area contributed by atoms with Crippen LogP contribution in [-0.4, -0.2) is 42.1 Å². The number of aromatic nitrogens is 6. The molecule has 9 nitrogen and oxygen atoms in total. The quantitative estimate of drug-likeness (QED) is 0.258. The highest BCUT2D eigenvalue weighted by Crippen LogP contribution is 2.23. The van der Waals surface area contributed by atoms with Crippen molar-refractivity contribution in [2.45, 2.75) is 20.0 Å². The van der Waals surface area contributed by atoms with Crippen LogP contribution >= 0.6 is 22.7 Å². The molecule has 0 saturated heterocycles. The van der Waals surface area contributed by atoms with Gasteiger partial charge in [0.05, 0.1) is 39.2 Å². The normalized spacial score (nSPS) is 10.9. The molecule has 176 valence electrons. The lowest BCUT2D eigenvalue weighted by atomic mass is 10.3. The number of ether oxygens (including phenoxy) is 1. The lowest BCUT2D eigenvalue weighted by molar-refractivity contribution is 0.130. The average Bonchev–Trinajstić information content (AvgIpc) is 3.64. The molecule has 6 aromatic rings. The van der Waals surface area contributed by atoms with E-state index < -0.39 is 6.09 Å². The molecule has 3 N–H and O–H groups in total. The fourth-order valence-corrected chi connectivity index (χ4v) is 4.37. The molecule has 4 aromatic heterocycles. The molecule has 6 rings (SSSR count). The highest BCUT2D eigenvalue weighted by Gasteiger charge is 2.10. The van der Waals surface area contributed by atoms with Crippen molar-refractivity contribution in [1.29, 1.82) is 0 Å². The number of thiazole rings is 2. The number of carbonyl (C=O) groups is 1. The molecule has 0 aliphatic heterocycles. The minimum absolute atomic E-state index is 0.157. The number of amides is 1. The van der Waals surface area contributed by atoms with Gasteiger partial charge in [0.25, 0.3) is 0 Å². The first-order valence-electron chi connectivity index (χ1n) is 10.7. The summed E-state index contributed by atoms with van der Waals surface area (Å²) in [5.74, 6) is 1.56. The van der Waals surface area contributed by atoms with E-state index in [4.69, 9.17) is 4.74 Å². The van der Waals surface area contributed by atoms with Gasteiger partial charge in [-0.2, -0.15) is 0 Å². The van der Waals surface area contributed by atoms with E-state index in [0.29, 0.717) is 11.5 Å². The van der Waals surface area contributed by atoms with Crippen LogP contribution in [0.3, 0.4) is 0 Å². The number of nitrogens with one attached hydrogen (secondary N) is 3. The van der Waals surface area contributed by atoms with Crippen LogP contribution in [0.25, 0.3) is 45.1 Å². The Morgan fingerprint density at radius 3 is 2.11 bits per heavy atom.